The van der Waals surface area contributed by atoms with Gasteiger partial charge in [0.1, 0.15) is 0 Å². The Hall–Kier alpha value is 0.350. The van der Waals surface area contributed by atoms with E-state index in [1.165, 1.54) is 25.0 Å². The largest absolute Gasteiger partial charge is 0.159 e. The summed E-state index contributed by atoms with van der Waals surface area (Å²) in [5.41, 5.74) is 0. The lowest BCUT2D eigenvalue weighted by Crippen LogP contribution is -1.90. The van der Waals surface area contributed by atoms with Crippen LogP contribution in [0.5, 0.6) is 0 Å². The molecule has 0 aromatic carbocycles. The van der Waals surface area contributed by atoms with E-state index in [0.29, 0.717) is 0 Å². The van der Waals surface area contributed by atoms with Crippen molar-refractivity contribution in [2.75, 3.05) is 5.75 Å². The summed E-state index contributed by atoms with van der Waals surface area (Å²) in [7, 11) is 0. The lowest BCUT2D eigenvalue weighted by Gasteiger charge is -1.99. The van der Waals surface area contributed by atoms with Crippen molar-refractivity contribution in [2.45, 2.75) is 31.4 Å². The lowest BCUT2D eigenvalue weighted by molar-refractivity contribution is 0.759. The summed E-state index contributed by atoms with van der Waals surface area (Å²) in [5.74, 6) is 1.42. The molecule has 0 nitrogen and oxygen atoms in total. The van der Waals surface area contributed by atoms with Gasteiger partial charge in [-0.3, -0.25) is 0 Å². The lowest BCUT2D eigenvalue weighted by atomic mass is 10.2. The van der Waals surface area contributed by atoms with Crippen molar-refractivity contribution in [3.8, 4) is 0 Å². The fourth-order valence-corrected chi connectivity index (χ4v) is 2.20. The van der Waals surface area contributed by atoms with E-state index in [9.17, 15) is 0 Å². The molecular weight excluding hydrogens is 104 g/mol. The highest BCUT2D eigenvalue weighted by Crippen LogP contribution is 2.27. The molecular formula is C6H12S. The fourth-order valence-electron chi connectivity index (χ4n) is 0.966. The molecule has 1 fully saturated rings. The van der Waals surface area contributed by atoms with Gasteiger partial charge in [0.05, 0.1) is 0 Å². The molecule has 0 spiro atoms. The van der Waals surface area contributed by atoms with E-state index in [1.807, 2.05) is 0 Å². The molecule has 0 radical (unpaired) electrons. The first-order chi connectivity index (χ1) is 3.43. The van der Waals surface area contributed by atoms with Gasteiger partial charge in [0.15, 0.2) is 0 Å². The smallest absolute Gasteiger partial charge is 0.00447 e. The van der Waals surface area contributed by atoms with Crippen LogP contribution in [0.1, 0.15) is 26.2 Å². The molecule has 0 aliphatic carbocycles. The van der Waals surface area contributed by atoms with E-state index in [-0.39, 0.29) is 0 Å². The van der Waals surface area contributed by atoms with Gasteiger partial charge in [-0.1, -0.05) is 6.92 Å². The Bertz CT molecular complexity index is 46.1. The van der Waals surface area contributed by atoms with E-state index >= 15 is 0 Å². The summed E-state index contributed by atoms with van der Waals surface area (Å²) in [6.07, 6.45) is 4.31. The van der Waals surface area contributed by atoms with Crippen LogP contribution < -0.4 is 0 Å². The summed E-state index contributed by atoms with van der Waals surface area (Å²) in [5, 5.41) is 1.01. The normalized spacial score (nSPS) is 31.3. The molecule has 1 heteroatoms. The Morgan fingerprint density at radius 3 is 2.86 bits per heavy atom. The van der Waals surface area contributed by atoms with Crippen molar-refractivity contribution < 1.29 is 0 Å². The predicted molar refractivity (Wildman–Crippen MR) is 35.8 cm³/mol. The van der Waals surface area contributed by atoms with Gasteiger partial charge in [-0.05, 0) is 25.0 Å². The van der Waals surface area contributed by atoms with Crippen molar-refractivity contribution in [2.24, 2.45) is 0 Å². The quantitative estimate of drug-likeness (QED) is 0.506. The molecule has 0 N–H and O–H groups in total. The van der Waals surface area contributed by atoms with E-state index in [4.69, 9.17) is 0 Å². The zero-order valence-electron chi connectivity index (χ0n) is 4.81. The Labute approximate surface area is 49.7 Å². The van der Waals surface area contributed by atoms with Crippen LogP contribution in [-0.2, 0) is 0 Å². The molecule has 1 unspecified atom stereocenters. The third kappa shape index (κ3) is 1.37. The second kappa shape index (κ2) is 2.61. The molecule has 1 saturated heterocycles. The molecule has 0 amide bonds. The second-order valence-electron chi connectivity index (χ2n) is 2.04. The van der Waals surface area contributed by atoms with Crippen molar-refractivity contribution in [3.63, 3.8) is 0 Å². The molecule has 42 valence electrons. The highest BCUT2D eigenvalue weighted by Gasteiger charge is 2.11. The highest BCUT2D eigenvalue weighted by atomic mass is 32.2. The van der Waals surface area contributed by atoms with Gasteiger partial charge in [0, 0.05) is 5.25 Å². The highest BCUT2D eigenvalue weighted by molar-refractivity contribution is 8.00. The van der Waals surface area contributed by atoms with Crippen LogP contribution in [0, 0.1) is 0 Å². The zero-order chi connectivity index (χ0) is 5.11. The van der Waals surface area contributed by atoms with Gasteiger partial charge >= 0.3 is 0 Å². The summed E-state index contributed by atoms with van der Waals surface area (Å²) < 4.78 is 0. The van der Waals surface area contributed by atoms with Crippen molar-refractivity contribution in [3.05, 3.63) is 0 Å². The SMILES string of the molecule is CCC1CCCS1. The molecule has 0 bridgehead atoms. The zero-order valence-corrected chi connectivity index (χ0v) is 5.63. The van der Waals surface area contributed by atoms with Gasteiger partial charge in [-0.25, -0.2) is 0 Å². The van der Waals surface area contributed by atoms with E-state index in [0.717, 1.165) is 5.25 Å². The Morgan fingerprint density at radius 2 is 2.57 bits per heavy atom. The first kappa shape index (κ1) is 5.49. The Morgan fingerprint density at radius 1 is 1.71 bits per heavy atom. The van der Waals surface area contributed by atoms with Gasteiger partial charge < -0.3 is 0 Å². The van der Waals surface area contributed by atoms with E-state index < -0.39 is 0 Å². The average molecular weight is 116 g/mol. The molecule has 0 saturated carbocycles. The minimum absolute atomic E-state index is 1.01. The van der Waals surface area contributed by atoms with Crippen LogP contribution in [0.15, 0.2) is 0 Å². The summed E-state index contributed by atoms with van der Waals surface area (Å²) >= 11 is 2.14. The Balaban J connectivity index is 2.14. The van der Waals surface area contributed by atoms with Crippen LogP contribution >= 0.6 is 11.8 Å². The van der Waals surface area contributed by atoms with Crippen LogP contribution in [0.2, 0.25) is 0 Å². The maximum absolute atomic E-state index is 2.28. The molecule has 1 aliphatic heterocycles. The third-order valence-corrected chi connectivity index (χ3v) is 3.04. The molecule has 7 heavy (non-hydrogen) atoms. The number of thioether (sulfide) groups is 1. The van der Waals surface area contributed by atoms with Gasteiger partial charge in [-0.15, -0.1) is 0 Å². The van der Waals surface area contributed by atoms with Gasteiger partial charge in [0.2, 0.25) is 0 Å². The monoisotopic (exact) mass is 116 g/mol. The van der Waals surface area contributed by atoms with Crippen LogP contribution in [0.25, 0.3) is 0 Å². The first-order valence-electron chi connectivity index (χ1n) is 3.05. The van der Waals surface area contributed by atoms with Crippen molar-refractivity contribution >= 4 is 11.8 Å². The summed E-state index contributed by atoms with van der Waals surface area (Å²) in [4.78, 5) is 0. The molecule has 0 aromatic rings. The van der Waals surface area contributed by atoms with Crippen molar-refractivity contribution in [1.29, 1.82) is 0 Å². The standard InChI is InChI=1S/C6H12S/c1-2-6-4-3-5-7-6/h6H,2-5H2,1H3. The fraction of sp³-hybridized carbons (Fsp3) is 1.00. The first-order valence-corrected chi connectivity index (χ1v) is 4.10. The Kier molecular flexibility index (Phi) is 2.04. The van der Waals surface area contributed by atoms with Crippen molar-refractivity contribution in [1.82, 2.24) is 0 Å². The second-order valence-corrected chi connectivity index (χ2v) is 3.45. The minimum atomic E-state index is 1.01. The van der Waals surface area contributed by atoms with Crippen LogP contribution in [0.4, 0.5) is 0 Å². The van der Waals surface area contributed by atoms with Crippen LogP contribution in [0.3, 0.4) is 0 Å². The molecule has 1 aliphatic rings. The maximum Gasteiger partial charge on any atom is 0.00447 e. The van der Waals surface area contributed by atoms with Gasteiger partial charge in [-0.2, -0.15) is 11.8 Å². The summed E-state index contributed by atoms with van der Waals surface area (Å²) in [6, 6.07) is 0. The molecule has 0 aromatic heterocycles. The summed E-state index contributed by atoms with van der Waals surface area (Å²) in [6.45, 7) is 2.28. The molecule has 1 heterocycles. The predicted octanol–water partition coefficient (Wildman–Crippen LogP) is 2.29. The van der Waals surface area contributed by atoms with Crippen LogP contribution in [-0.4, -0.2) is 11.0 Å². The van der Waals surface area contributed by atoms with E-state index in [2.05, 4.69) is 18.7 Å². The average Bonchev–Trinajstić information content (AvgIpc) is 2.14. The minimum Gasteiger partial charge on any atom is -0.159 e. The third-order valence-electron chi connectivity index (χ3n) is 1.48. The topological polar surface area (TPSA) is 0 Å². The van der Waals surface area contributed by atoms with Gasteiger partial charge in [0.25, 0.3) is 0 Å². The number of hydrogen-bond donors (Lipinski definition) is 0. The maximum atomic E-state index is 2.28. The molecule has 1 rings (SSSR count). The molecule has 1 atom stereocenters. The number of rotatable bonds is 1. The number of hydrogen-bond acceptors (Lipinski definition) is 1. The van der Waals surface area contributed by atoms with E-state index in [1.54, 1.807) is 0 Å².